The van der Waals surface area contributed by atoms with E-state index in [2.05, 4.69) is 17.6 Å². The lowest BCUT2D eigenvalue weighted by atomic mass is 9.78. The highest BCUT2D eigenvalue weighted by Crippen LogP contribution is 2.44. The van der Waals surface area contributed by atoms with Gasteiger partial charge in [-0.1, -0.05) is 144 Å². The van der Waals surface area contributed by atoms with Crippen LogP contribution in [-0.4, -0.2) is 34.2 Å². The van der Waals surface area contributed by atoms with Crippen LogP contribution in [0.2, 0.25) is 0 Å². The fourth-order valence-electron chi connectivity index (χ4n) is 7.20. The van der Waals surface area contributed by atoms with Gasteiger partial charge in [-0.05, 0) is 81.7 Å². The van der Waals surface area contributed by atoms with Crippen LogP contribution in [0.15, 0.2) is 36.4 Å². The Bertz CT molecular complexity index is 1930. The highest BCUT2D eigenvalue weighted by molar-refractivity contribution is 5.98. The molecular formula is C51H76N2O6. The van der Waals surface area contributed by atoms with E-state index in [4.69, 9.17) is 4.74 Å². The summed E-state index contributed by atoms with van der Waals surface area (Å²) in [5.74, 6) is -0.473. The quantitative estimate of drug-likeness (QED) is 0.0699. The predicted molar refractivity (Wildman–Crippen MR) is 243 cm³/mol. The van der Waals surface area contributed by atoms with E-state index in [0.717, 1.165) is 19.3 Å². The van der Waals surface area contributed by atoms with Crippen LogP contribution < -0.4 is 15.4 Å². The number of benzene rings is 3. The second kappa shape index (κ2) is 17.3. The minimum atomic E-state index is -0.677. The second-order valence-electron chi connectivity index (χ2n) is 22.6. The van der Waals surface area contributed by atoms with Crippen LogP contribution >= 0.6 is 0 Å². The number of aromatic hydroxyl groups is 2. The minimum Gasteiger partial charge on any atom is -0.507 e. The van der Waals surface area contributed by atoms with Crippen molar-refractivity contribution >= 4 is 17.8 Å². The Labute approximate surface area is 356 Å². The maximum atomic E-state index is 14.4. The average molecular weight is 813 g/mol. The van der Waals surface area contributed by atoms with Gasteiger partial charge in [0.05, 0.1) is 5.56 Å². The zero-order valence-corrected chi connectivity index (χ0v) is 39.9. The smallest absolute Gasteiger partial charge is 0.343 e. The molecule has 326 valence electrons. The number of phenolic OH excluding ortho intramolecular Hbond substituents is 2. The molecule has 0 fully saturated rings. The Morgan fingerprint density at radius 2 is 0.780 bits per heavy atom. The van der Waals surface area contributed by atoms with Gasteiger partial charge in [-0.3, -0.25) is 9.59 Å². The Morgan fingerprint density at radius 3 is 1.07 bits per heavy atom. The van der Waals surface area contributed by atoms with Gasteiger partial charge < -0.3 is 25.6 Å². The molecule has 0 aliphatic rings. The summed E-state index contributed by atoms with van der Waals surface area (Å²) in [6.07, 6.45) is 2.54. The van der Waals surface area contributed by atoms with Gasteiger partial charge >= 0.3 is 5.97 Å². The summed E-state index contributed by atoms with van der Waals surface area (Å²) >= 11 is 0. The van der Waals surface area contributed by atoms with Gasteiger partial charge in [-0.25, -0.2) is 4.79 Å². The van der Waals surface area contributed by atoms with E-state index >= 15 is 0 Å². The van der Waals surface area contributed by atoms with Gasteiger partial charge in [0.1, 0.15) is 23.4 Å². The molecule has 3 rings (SSSR count). The molecule has 3 aromatic carbocycles. The normalized spacial score (nSPS) is 13.5. The number of unbranched alkanes of at least 4 members (excludes halogenated alkanes) is 2. The lowest BCUT2D eigenvalue weighted by molar-refractivity contribution is 0.0727. The Balaban J connectivity index is 2.15. The molecule has 0 saturated carbocycles. The number of carbonyl (C=O) groups excluding carboxylic acids is 3. The van der Waals surface area contributed by atoms with Crippen molar-refractivity contribution in [2.45, 2.75) is 196 Å². The Morgan fingerprint density at radius 1 is 0.492 bits per heavy atom. The number of hydrogen-bond acceptors (Lipinski definition) is 6. The summed E-state index contributed by atoms with van der Waals surface area (Å²) in [5, 5.41) is 28.9. The average Bonchev–Trinajstić information content (AvgIpc) is 3.05. The number of ether oxygens (including phenoxy) is 1. The third kappa shape index (κ3) is 12.1. The van der Waals surface area contributed by atoms with Crippen LogP contribution in [0.3, 0.4) is 0 Å². The van der Waals surface area contributed by atoms with E-state index in [-0.39, 0.29) is 23.3 Å². The third-order valence-corrected chi connectivity index (χ3v) is 10.8. The SMILES string of the molecule is CCCCCC(NC(=O)c1cc(C(C)(C)C)c(O)c(C(C)(C)C)c1)NC(=O)c1cc(C(C)(C)C)c(OC(=O)c2cc(C(C)(C)C)c(O)c(C(C)(C)C)c2)c(C(C)(C)C)c1. The number of rotatable bonds is 10. The molecule has 0 heterocycles. The number of amides is 2. The van der Waals surface area contributed by atoms with Crippen molar-refractivity contribution in [3.8, 4) is 17.2 Å². The first-order chi connectivity index (χ1) is 26.6. The molecule has 0 aliphatic heterocycles. The van der Waals surface area contributed by atoms with Crippen LogP contribution in [0.5, 0.6) is 17.2 Å². The van der Waals surface area contributed by atoms with Crippen LogP contribution in [0.4, 0.5) is 0 Å². The maximum absolute atomic E-state index is 14.4. The number of phenols is 2. The van der Waals surface area contributed by atoms with Crippen molar-refractivity contribution in [3.63, 3.8) is 0 Å². The van der Waals surface area contributed by atoms with E-state index in [9.17, 15) is 24.6 Å². The largest absolute Gasteiger partial charge is 0.507 e. The van der Waals surface area contributed by atoms with Gasteiger partial charge in [0.25, 0.3) is 11.8 Å². The Hall–Kier alpha value is -4.33. The molecule has 0 bridgehead atoms. The van der Waals surface area contributed by atoms with Crippen molar-refractivity contribution in [3.05, 3.63) is 86.5 Å². The van der Waals surface area contributed by atoms with E-state index in [1.165, 1.54) is 0 Å². The highest BCUT2D eigenvalue weighted by Gasteiger charge is 2.34. The molecule has 59 heavy (non-hydrogen) atoms. The lowest BCUT2D eigenvalue weighted by Gasteiger charge is -2.31. The fourth-order valence-corrected chi connectivity index (χ4v) is 7.20. The topological polar surface area (TPSA) is 125 Å². The summed E-state index contributed by atoms with van der Waals surface area (Å²) in [6.45, 7) is 38.3. The van der Waals surface area contributed by atoms with Gasteiger partial charge in [-0.2, -0.15) is 0 Å². The first-order valence-corrected chi connectivity index (χ1v) is 21.4. The first-order valence-electron chi connectivity index (χ1n) is 21.4. The van der Waals surface area contributed by atoms with Crippen molar-refractivity contribution in [1.29, 1.82) is 0 Å². The molecule has 8 heteroatoms. The zero-order valence-electron chi connectivity index (χ0n) is 39.9. The molecule has 3 aromatic rings. The molecule has 1 atom stereocenters. The summed E-state index contributed by atoms with van der Waals surface area (Å²) in [6, 6.07) is 10.5. The summed E-state index contributed by atoms with van der Waals surface area (Å²) in [4.78, 5) is 42.8. The standard InChI is InChI=1S/C51H76N2O6/c1-20-21-22-23-39(52-43(56)30-24-33(46(2,3)4)40(54)34(25-30)47(5,6)7)53-44(57)31-26-37(50(14,15)16)42(38(27-31)51(17,18)19)59-45(58)32-28-35(48(8,9)10)41(55)36(29-32)49(11,12)13/h24-29,39,54-55H,20-23H2,1-19H3,(H,52,56)(H,53,57). The highest BCUT2D eigenvalue weighted by atomic mass is 16.5. The number of hydrogen-bond donors (Lipinski definition) is 4. The first kappa shape index (κ1) is 49.0. The maximum Gasteiger partial charge on any atom is 0.343 e. The second-order valence-corrected chi connectivity index (χ2v) is 22.6. The van der Waals surface area contributed by atoms with Crippen molar-refractivity contribution < 1.29 is 29.3 Å². The van der Waals surface area contributed by atoms with E-state index in [0.29, 0.717) is 62.2 Å². The zero-order chi connectivity index (χ0) is 45.4. The molecule has 4 N–H and O–H groups in total. The van der Waals surface area contributed by atoms with Gasteiger partial charge in [0.2, 0.25) is 0 Å². The molecule has 0 spiro atoms. The van der Waals surface area contributed by atoms with Crippen molar-refractivity contribution in [2.24, 2.45) is 0 Å². The summed E-state index contributed by atoms with van der Waals surface area (Å²) in [7, 11) is 0. The minimum absolute atomic E-state index is 0.180. The van der Waals surface area contributed by atoms with Crippen LogP contribution in [0, 0.1) is 0 Å². The number of nitrogens with one attached hydrogen (secondary N) is 2. The molecule has 1 unspecified atom stereocenters. The lowest BCUT2D eigenvalue weighted by Crippen LogP contribution is -2.48. The number of esters is 1. The molecule has 0 radical (unpaired) electrons. The van der Waals surface area contributed by atoms with Gasteiger partial charge in [0.15, 0.2) is 0 Å². The Kier molecular flexibility index (Phi) is 14.4. The molecule has 2 amide bonds. The predicted octanol–water partition coefficient (Wildman–Crippen LogP) is 12.2. The summed E-state index contributed by atoms with van der Waals surface area (Å²) in [5.41, 5.74) is 2.40. The monoisotopic (exact) mass is 813 g/mol. The molecule has 0 aliphatic carbocycles. The van der Waals surface area contributed by atoms with Gasteiger partial charge in [0, 0.05) is 44.5 Å². The summed E-state index contributed by atoms with van der Waals surface area (Å²) < 4.78 is 6.42. The van der Waals surface area contributed by atoms with Crippen LogP contribution in [0.25, 0.3) is 0 Å². The molecule has 0 aromatic heterocycles. The van der Waals surface area contributed by atoms with E-state index < -0.39 is 44.6 Å². The van der Waals surface area contributed by atoms with Crippen molar-refractivity contribution in [2.75, 3.05) is 0 Å². The molecule has 8 nitrogen and oxygen atoms in total. The van der Waals surface area contributed by atoms with Crippen LogP contribution in [-0.2, 0) is 32.5 Å². The molecule has 0 saturated heterocycles. The van der Waals surface area contributed by atoms with Crippen LogP contribution in [0.1, 0.15) is 222 Å². The van der Waals surface area contributed by atoms with Gasteiger partial charge in [-0.15, -0.1) is 0 Å². The van der Waals surface area contributed by atoms with Crippen molar-refractivity contribution in [1.82, 2.24) is 10.6 Å². The molecular weight excluding hydrogens is 737 g/mol. The fraction of sp³-hybridized carbons (Fsp3) is 0.588. The van der Waals surface area contributed by atoms with E-state index in [1.54, 1.807) is 36.4 Å². The number of carbonyl (C=O) groups is 3. The van der Waals surface area contributed by atoms with E-state index in [1.807, 2.05) is 125 Å². The third-order valence-electron chi connectivity index (χ3n) is 10.8.